The number of nitrogens with one attached hydrogen (secondary N) is 1. The summed E-state index contributed by atoms with van der Waals surface area (Å²) >= 11 is 0. The van der Waals surface area contributed by atoms with Crippen LogP contribution in [0.2, 0.25) is 0 Å². The van der Waals surface area contributed by atoms with E-state index in [1.54, 1.807) is 12.1 Å². The molecule has 1 unspecified atom stereocenters. The van der Waals surface area contributed by atoms with Gasteiger partial charge in [-0.2, -0.15) is 13.2 Å². The van der Waals surface area contributed by atoms with E-state index in [9.17, 15) is 22.8 Å². The minimum atomic E-state index is -4.46. The predicted octanol–water partition coefficient (Wildman–Crippen LogP) is 3.74. The molecule has 0 radical (unpaired) electrons. The molecule has 1 aromatic heterocycles. The summed E-state index contributed by atoms with van der Waals surface area (Å²) in [6.45, 7) is -0.521. The number of pyridine rings is 1. The minimum absolute atomic E-state index is 0.115. The van der Waals surface area contributed by atoms with Crippen LogP contribution in [0.3, 0.4) is 0 Å². The Labute approximate surface area is 164 Å². The van der Waals surface area contributed by atoms with Crippen LogP contribution in [0.1, 0.15) is 28.3 Å². The van der Waals surface area contributed by atoms with Gasteiger partial charge < -0.3 is 20.1 Å². The molecule has 1 saturated heterocycles. The van der Waals surface area contributed by atoms with Gasteiger partial charge in [0.05, 0.1) is 5.56 Å². The predicted molar refractivity (Wildman–Crippen MR) is 97.1 cm³/mol. The first kappa shape index (κ1) is 20.4. The van der Waals surface area contributed by atoms with Crippen LogP contribution in [0, 0.1) is 0 Å². The largest absolute Gasteiger partial charge is 0.468 e. The maximum Gasteiger partial charge on any atom is 0.422 e. The van der Waals surface area contributed by atoms with Gasteiger partial charge in [-0.1, -0.05) is 12.1 Å². The van der Waals surface area contributed by atoms with Crippen molar-refractivity contribution in [2.24, 2.45) is 0 Å². The molecule has 2 amide bonds. The van der Waals surface area contributed by atoms with Crippen molar-refractivity contribution in [3.63, 3.8) is 0 Å². The topological polar surface area (TPSA) is 91.8 Å². The lowest BCUT2D eigenvalue weighted by Gasteiger charge is -2.13. The lowest BCUT2D eigenvalue weighted by Crippen LogP contribution is -2.26. The van der Waals surface area contributed by atoms with Crippen molar-refractivity contribution < 1.29 is 32.6 Å². The molecule has 1 fully saturated rings. The molecule has 3 rings (SSSR count). The number of likely N-dealkylation sites (tertiary alicyclic amines) is 1. The van der Waals surface area contributed by atoms with Gasteiger partial charge in [-0.15, -0.1) is 0 Å². The summed E-state index contributed by atoms with van der Waals surface area (Å²) in [4.78, 5) is 28.3. The molecular weight excluding hydrogens is 391 g/mol. The number of carbonyl (C=O) groups is 2. The van der Waals surface area contributed by atoms with E-state index in [-0.39, 0.29) is 17.4 Å². The number of benzene rings is 1. The van der Waals surface area contributed by atoms with E-state index in [0.717, 1.165) is 18.2 Å². The van der Waals surface area contributed by atoms with Crippen LogP contribution in [-0.2, 0) is 0 Å². The number of carboxylic acid groups (broad SMARTS) is 1. The fourth-order valence-corrected chi connectivity index (χ4v) is 3.00. The summed E-state index contributed by atoms with van der Waals surface area (Å²) in [6.07, 6.45) is -3.52. The first-order valence-electron chi connectivity index (χ1n) is 8.76. The van der Waals surface area contributed by atoms with Gasteiger partial charge in [0.15, 0.2) is 6.61 Å². The number of hydrogen-bond donors (Lipinski definition) is 2. The molecule has 2 aromatic rings. The second kappa shape index (κ2) is 8.38. The van der Waals surface area contributed by atoms with Crippen molar-refractivity contribution in [1.29, 1.82) is 0 Å². The number of hydrogen-bond acceptors (Lipinski definition) is 4. The number of halogens is 3. The number of aromatic nitrogens is 1. The van der Waals surface area contributed by atoms with Crippen LogP contribution in [0.25, 0.3) is 0 Å². The maximum atomic E-state index is 12.3. The van der Waals surface area contributed by atoms with Gasteiger partial charge in [0.25, 0.3) is 5.91 Å². The van der Waals surface area contributed by atoms with Crippen LogP contribution in [0.5, 0.6) is 5.88 Å². The van der Waals surface area contributed by atoms with Crippen molar-refractivity contribution in [1.82, 2.24) is 9.88 Å². The smallest absolute Gasteiger partial charge is 0.422 e. The number of alkyl halides is 3. The Bertz CT molecular complexity index is 870. The third kappa shape index (κ3) is 5.59. The molecule has 1 atom stereocenters. The molecule has 1 aliphatic rings. The highest BCUT2D eigenvalue weighted by molar-refractivity contribution is 6.04. The second-order valence-corrected chi connectivity index (χ2v) is 6.58. The third-order valence-electron chi connectivity index (χ3n) is 4.48. The summed E-state index contributed by atoms with van der Waals surface area (Å²) in [5, 5.41) is 11.7. The van der Waals surface area contributed by atoms with Crippen molar-refractivity contribution in [2.45, 2.75) is 18.5 Å². The summed E-state index contributed by atoms with van der Waals surface area (Å²) in [7, 11) is 0. The highest BCUT2D eigenvalue weighted by atomic mass is 19.4. The van der Waals surface area contributed by atoms with E-state index in [1.807, 2.05) is 12.1 Å². The van der Waals surface area contributed by atoms with E-state index in [4.69, 9.17) is 5.11 Å². The molecule has 1 aliphatic heterocycles. The van der Waals surface area contributed by atoms with Gasteiger partial charge in [-0.3, -0.25) is 4.79 Å². The lowest BCUT2D eigenvalue weighted by molar-refractivity contribution is -0.154. The zero-order chi connectivity index (χ0) is 21.0. The summed E-state index contributed by atoms with van der Waals surface area (Å²) < 4.78 is 40.9. The molecule has 29 heavy (non-hydrogen) atoms. The van der Waals surface area contributed by atoms with E-state index < -0.39 is 24.8 Å². The van der Waals surface area contributed by atoms with Gasteiger partial charge in [0.2, 0.25) is 5.88 Å². The number of ether oxygens (including phenoxy) is 1. The molecule has 0 aliphatic carbocycles. The summed E-state index contributed by atoms with van der Waals surface area (Å²) in [5.74, 6) is -0.579. The van der Waals surface area contributed by atoms with E-state index in [1.165, 1.54) is 17.0 Å². The highest BCUT2D eigenvalue weighted by Crippen LogP contribution is 2.28. The molecular formula is C19H18F3N3O4. The SMILES string of the molecule is O=C(Nc1ccc(C2CCN(C(=O)O)C2)cc1)c1ccc(OCC(F)(F)F)nc1. The lowest BCUT2D eigenvalue weighted by atomic mass is 9.98. The minimum Gasteiger partial charge on any atom is -0.468 e. The molecule has 154 valence electrons. The molecule has 2 heterocycles. The quantitative estimate of drug-likeness (QED) is 0.785. The van der Waals surface area contributed by atoms with Gasteiger partial charge in [-0.25, -0.2) is 9.78 Å². The normalized spacial score (nSPS) is 16.5. The van der Waals surface area contributed by atoms with Crippen LogP contribution in [-0.4, -0.2) is 52.9 Å². The average molecular weight is 409 g/mol. The van der Waals surface area contributed by atoms with Gasteiger partial charge in [-0.05, 0) is 30.2 Å². The van der Waals surface area contributed by atoms with Crippen molar-refractivity contribution >= 4 is 17.7 Å². The number of carbonyl (C=O) groups excluding carboxylic acids is 1. The average Bonchev–Trinajstić information content (AvgIpc) is 3.17. The molecule has 10 heteroatoms. The molecule has 0 bridgehead atoms. The van der Waals surface area contributed by atoms with Crippen LogP contribution >= 0.6 is 0 Å². The second-order valence-electron chi connectivity index (χ2n) is 6.58. The first-order valence-corrected chi connectivity index (χ1v) is 8.76. The van der Waals surface area contributed by atoms with Crippen molar-refractivity contribution in [3.8, 4) is 5.88 Å². The Morgan fingerprint density at radius 1 is 1.21 bits per heavy atom. The zero-order valence-corrected chi connectivity index (χ0v) is 15.1. The summed E-state index contributed by atoms with van der Waals surface area (Å²) in [5.41, 5.74) is 1.69. The molecule has 7 nitrogen and oxygen atoms in total. The third-order valence-corrected chi connectivity index (χ3v) is 4.48. The summed E-state index contributed by atoms with van der Waals surface area (Å²) in [6, 6.07) is 9.60. The van der Waals surface area contributed by atoms with E-state index >= 15 is 0 Å². The Hall–Kier alpha value is -3.30. The zero-order valence-electron chi connectivity index (χ0n) is 15.1. The number of nitrogens with zero attached hydrogens (tertiary/aromatic N) is 2. The standard InChI is InChI=1S/C19H18F3N3O4/c20-19(21,22)11-29-16-6-3-13(9-23-16)17(26)24-15-4-1-12(2-5-15)14-7-8-25(10-14)18(27)28/h1-6,9,14H,7-8,10-11H2,(H,24,26)(H,27,28). The van der Waals surface area contributed by atoms with E-state index in [0.29, 0.717) is 18.8 Å². The Kier molecular flexibility index (Phi) is 5.90. The maximum absolute atomic E-state index is 12.3. The molecule has 0 saturated carbocycles. The van der Waals surface area contributed by atoms with E-state index in [2.05, 4.69) is 15.0 Å². The Balaban J connectivity index is 1.56. The van der Waals surface area contributed by atoms with Gasteiger partial charge in [0, 0.05) is 37.0 Å². The fraction of sp³-hybridized carbons (Fsp3) is 0.316. The van der Waals surface area contributed by atoms with Crippen LogP contribution in [0.15, 0.2) is 42.6 Å². The number of anilines is 1. The van der Waals surface area contributed by atoms with Crippen molar-refractivity contribution in [2.75, 3.05) is 25.0 Å². The van der Waals surface area contributed by atoms with Crippen LogP contribution < -0.4 is 10.1 Å². The Morgan fingerprint density at radius 3 is 2.48 bits per heavy atom. The first-order chi connectivity index (χ1) is 13.7. The van der Waals surface area contributed by atoms with Gasteiger partial charge >= 0.3 is 12.3 Å². The van der Waals surface area contributed by atoms with Crippen LogP contribution in [0.4, 0.5) is 23.7 Å². The number of rotatable bonds is 5. The van der Waals surface area contributed by atoms with Gasteiger partial charge in [0.1, 0.15) is 0 Å². The molecule has 2 N–H and O–H groups in total. The molecule has 1 aromatic carbocycles. The number of amides is 2. The van der Waals surface area contributed by atoms with Crippen molar-refractivity contribution in [3.05, 3.63) is 53.7 Å². The fourth-order valence-electron chi connectivity index (χ4n) is 3.00. The monoisotopic (exact) mass is 409 g/mol. The highest BCUT2D eigenvalue weighted by Gasteiger charge is 2.29. The Morgan fingerprint density at radius 2 is 1.93 bits per heavy atom. The molecule has 0 spiro atoms.